The number of rotatable bonds is 8. The minimum atomic E-state index is -0.416. The summed E-state index contributed by atoms with van der Waals surface area (Å²) in [4.78, 5) is 29.9. The lowest BCUT2D eigenvalue weighted by molar-refractivity contribution is -0.134. The fourth-order valence-corrected chi connectivity index (χ4v) is 4.60. The van der Waals surface area contributed by atoms with E-state index in [0.717, 1.165) is 11.1 Å². The van der Waals surface area contributed by atoms with E-state index >= 15 is 0 Å². The molecule has 3 aromatic rings. The summed E-state index contributed by atoms with van der Waals surface area (Å²) in [6.07, 6.45) is 1.62. The van der Waals surface area contributed by atoms with Gasteiger partial charge in [-0.05, 0) is 61.7 Å². The van der Waals surface area contributed by atoms with Gasteiger partial charge in [-0.1, -0.05) is 48.0 Å². The summed E-state index contributed by atoms with van der Waals surface area (Å²) < 4.78 is 19.4. The molecule has 188 valence electrons. The average molecular weight is 489 g/mol. The van der Waals surface area contributed by atoms with Crippen LogP contribution in [-0.4, -0.2) is 48.4 Å². The predicted octanol–water partition coefficient (Wildman–Crippen LogP) is 5.48. The summed E-state index contributed by atoms with van der Waals surface area (Å²) >= 11 is 0. The Morgan fingerprint density at radius 3 is 2.22 bits per heavy atom. The molecule has 0 spiro atoms. The summed E-state index contributed by atoms with van der Waals surface area (Å²) in [5, 5.41) is 0. The van der Waals surface area contributed by atoms with Gasteiger partial charge in [0.05, 0.1) is 6.61 Å². The molecule has 6 heteroatoms. The Morgan fingerprint density at radius 2 is 1.58 bits per heavy atom. The van der Waals surface area contributed by atoms with Crippen molar-refractivity contribution in [2.45, 2.75) is 32.7 Å². The van der Waals surface area contributed by atoms with Crippen molar-refractivity contribution in [2.24, 2.45) is 5.41 Å². The number of hydrogen-bond donors (Lipinski definition) is 0. The number of amides is 2. The van der Waals surface area contributed by atoms with Crippen LogP contribution in [0.3, 0.4) is 0 Å². The first-order chi connectivity index (χ1) is 17.3. The molecule has 0 aliphatic carbocycles. The van der Waals surface area contributed by atoms with Crippen LogP contribution in [0.2, 0.25) is 0 Å². The minimum Gasteiger partial charge on any atom is -0.493 e. The standard InChI is InChI=1S/C30H33FN2O3/c1-23-8-10-25(11-9-23)29(35)33-18-16-30(17-19-33,22-36-27-14-12-26(31)13-15-27)20-28(34)32(2)21-24-6-4-3-5-7-24/h3-15H,16-22H2,1-2H3. The van der Waals surface area contributed by atoms with E-state index in [2.05, 4.69) is 0 Å². The molecule has 36 heavy (non-hydrogen) atoms. The van der Waals surface area contributed by atoms with E-state index in [1.54, 1.807) is 17.0 Å². The zero-order chi connectivity index (χ0) is 25.5. The quantitative estimate of drug-likeness (QED) is 0.422. The van der Waals surface area contributed by atoms with Crippen LogP contribution in [0.5, 0.6) is 5.75 Å². The second-order valence-corrected chi connectivity index (χ2v) is 9.81. The van der Waals surface area contributed by atoms with E-state index in [-0.39, 0.29) is 17.6 Å². The lowest BCUT2D eigenvalue weighted by atomic mass is 9.75. The van der Waals surface area contributed by atoms with Crippen molar-refractivity contribution in [1.29, 1.82) is 0 Å². The first kappa shape index (κ1) is 25.4. The molecule has 0 bridgehead atoms. The number of ether oxygens (including phenoxy) is 1. The van der Waals surface area contributed by atoms with Gasteiger partial charge < -0.3 is 14.5 Å². The molecule has 0 unspecified atom stereocenters. The lowest BCUT2D eigenvalue weighted by Gasteiger charge is -2.42. The Hall–Kier alpha value is -3.67. The largest absolute Gasteiger partial charge is 0.493 e. The van der Waals surface area contributed by atoms with Gasteiger partial charge in [-0.25, -0.2) is 4.39 Å². The Balaban J connectivity index is 1.45. The van der Waals surface area contributed by atoms with Crippen LogP contribution < -0.4 is 4.74 Å². The monoisotopic (exact) mass is 488 g/mol. The topological polar surface area (TPSA) is 49.9 Å². The van der Waals surface area contributed by atoms with E-state index in [0.29, 0.717) is 56.8 Å². The van der Waals surface area contributed by atoms with Gasteiger partial charge in [0.15, 0.2) is 0 Å². The number of likely N-dealkylation sites (tertiary alicyclic amines) is 1. The van der Waals surface area contributed by atoms with Gasteiger partial charge in [0.2, 0.25) is 5.91 Å². The van der Waals surface area contributed by atoms with Gasteiger partial charge in [0.1, 0.15) is 11.6 Å². The van der Waals surface area contributed by atoms with Crippen LogP contribution in [0.1, 0.15) is 40.7 Å². The smallest absolute Gasteiger partial charge is 0.253 e. The minimum absolute atomic E-state index is 0.00979. The second-order valence-electron chi connectivity index (χ2n) is 9.81. The van der Waals surface area contributed by atoms with E-state index in [4.69, 9.17) is 4.74 Å². The Bertz CT molecular complexity index is 1160. The first-order valence-electron chi connectivity index (χ1n) is 12.4. The molecule has 0 N–H and O–H groups in total. The third-order valence-corrected chi connectivity index (χ3v) is 6.98. The van der Waals surface area contributed by atoms with Gasteiger partial charge in [-0.3, -0.25) is 9.59 Å². The number of benzene rings is 3. The molecule has 1 aliphatic rings. The van der Waals surface area contributed by atoms with Crippen molar-refractivity contribution in [3.8, 4) is 5.75 Å². The third kappa shape index (κ3) is 6.51. The predicted molar refractivity (Wildman–Crippen MR) is 138 cm³/mol. The van der Waals surface area contributed by atoms with Crippen molar-refractivity contribution in [3.05, 3.63) is 101 Å². The Morgan fingerprint density at radius 1 is 0.944 bits per heavy atom. The van der Waals surface area contributed by atoms with Gasteiger partial charge in [-0.2, -0.15) is 0 Å². The SMILES string of the molecule is Cc1ccc(C(=O)N2CCC(COc3ccc(F)cc3)(CC(=O)N(C)Cc3ccccc3)CC2)cc1. The van der Waals surface area contributed by atoms with Gasteiger partial charge >= 0.3 is 0 Å². The molecule has 1 fully saturated rings. The highest BCUT2D eigenvalue weighted by atomic mass is 19.1. The van der Waals surface area contributed by atoms with Crippen molar-refractivity contribution < 1.29 is 18.7 Å². The third-order valence-electron chi connectivity index (χ3n) is 6.98. The van der Waals surface area contributed by atoms with Crippen LogP contribution >= 0.6 is 0 Å². The molecule has 0 saturated carbocycles. The number of carbonyl (C=O) groups is 2. The summed E-state index contributed by atoms with van der Waals surface area (Å²) in [7, 11) is 1.82. The maximum Gasteiger partial charge on any atom is 0.253 e. The highest BCUT2D eigenvalue weighted by Gasteiger charge is 2.39. The van der Waals surface area contributed by atoms with Crippen molar-refractivity contribution >= 4 is 11.8 Å². The number of halogens is 1. The number of piperidine rings is 1. The molecule has 0 radical (unpaired) electrons. The van der Waals surface area contributed by atoms with Crippen LogP contribution in [0.25, 0.3) is 0 Å². The van der Waals surface area contributed by atoms with E-state index in [1.807, 2.05) is 73.5 Å². The molecule has 3 aromatic carbocycles. The zero-order valence-electron chi connectivity index (χ0n) is 21.0. The van der Waals surface area contributed by atoms with Crippen LogP contribution in [0.15, 0.2) is 78.9 Å². The maximum absolute atomic E-state index is 13.3. The van der Waals surface area contributed by atoms with E-state index in [9.17, 15) is 14.0 Å². The molecular weight excluding hydrogens is 455 g/mol. The summed E-state index contributed by atoms with van der Waals surface area (Å²) in [5.41, 5.74) is 2.44. The fraction of sp³-hybridized carbons (Fsp3) is 0.333. The Labute approximate surface area is 212 Å². The molecule has 2 amide bonds. The van der Waals surface area contributed by atoms with Crippen molar-refractivity contribution in [1.82, 2.24) is 9.80 Å². The normalized spacial score (nSPS) is 14.8. The van der Waals surface area contributed by atoms with Crippen molar-refractivity contribution in [3.63, 3.8) is 0 Å². The Kier molecular flexibility index (Phi) is 8.04. The molecule has 1 aliphatic heterocycles. The first-order valence-corrected chi connectivity index (χ1v) is 12.4. The highest BCUT2D eigenvalue weighted by molar-refractivity contribution is 5.94. The van der Waals surface area contributed by atoms with Crippen LogP contribution in [0, 0.1) is 18.2 Å². The van der Waals surface area contributed by atoms with Gasteiger partial charge in [0.25, 0.3) is 5.91 Å². The zero-order valence-corrected chi connectivity index (χ0v) is 21.0. The number of nitrogens with zero attached hydrogens (tertiary/aromatic N) is 2. The lowest BCUT2D eigenvalue weighted by Crippen LogP contribution is -2.47. The van der Waals surface area contributed by atoms with Gasteiger partial charge in [-0.15, -0.1) is 0 Å². The molecule has 0 atom stereocenters. The number of carbonyl (C=O) groups excluding carboxylic acids is 2. The molecule has 1 saturated heterocycles. The van der Waals surface area contributed by atoms with Crippen LogP contribution in [-0.2, 0) is 11.3 Å². The number of aryl methyl sites for hydroxylation is 1. The number of hydrogen-bond acceptors (Lipinski definition) is 3. The second kappa shape index (κ2) is 11.4. The van der Waals surface area contributed by atoms with Crippen LogP contribution in [0.4, 0.5) is 4.39 Å². The highest BCUT2D eigenvalue weighted by Crippen LogP contribution is 2.37. The molecular formula is C30H33FN2O3. The molecule has 5 nitrogen and oxygen atoms in total. The van der Waals surface area contributed by atoms with E-state index in [1.165, 1.54) is 12.1 Å². The molecule has 1 heterocycles. The van der Waals surface area contributed by atoms with E-state index < -0.39 is 5.41 Å². The van der Waals surface area contributed by atoms with Crippen molar-refractivity contribution in [2.75, 3.05) is 26.7 Å². The summed E-state index contributed by atoms with van der Waals surface area (Å²) in [6.45, 7) is 3.96. The fourth-order valence-electron chi connectivity index (χ4n) is 4.60. The summed E-state index contributed by atoms with van der Waals surface area (Å²) in [5.74, 6) is 0.298. The summed E-state index contributed by atoms with van der Waals surface area (Å²) in [6, 6.07) is 23.4. The molecule has 4 rings (SSSR count). The maximum atomic E-state index is 13.3. The average Bonchev–Trinajstić information content (AvgIpc) is 2.89. The van der Waals surface area contributed by atoms with Gasteiger partial charge in [0, 0.05) is 44.1 Å². The molecule has 0 aromatic heterocycles.